The zero-order valence-electron chi connectivity index (χ0n) is 30.7. The lowest BCUT2D eigenvalue weighted by Gasteiger charge is -2.19. The number of nitrogens with two attached hydrogens (primary N) is 1. The van der Waals surface area contributed by atoms with E-state index in [1.165, 1.54) is 0 Å². The van der Waals surface area contributed by atoms with Crippen molar-refractivity contribution in [2.75, 3.05) is 0 Å². The molecule has 0 fully saturated rings. The third kappa shape index (κ3) is 17.7. The van der Waals surface area contributed by atoms with Crippen LogP contribution in [0.1, 0.15) is 124 Å². The van der Waals surface area contributed by atoms with Crippen molar-refractivity contribution in [1.82, 2.24) is 0 Å². The molecule has 0 spiro atoms. The minimum Gasteiger partial charge on any atom is -0.461 e. The summed E-state index contributed by atoms with van der Waals surface area (Å²) >= 11 is 0. The highest BCUT2D eigenvalue weighted by atomic mass is 16.5. The lowest BCUT2D eigenvalue weighted by Crippen LogP contribution is -2.37. The van der Waals surface area contributed by atoms with E-state index in [0.29, 0.717) is 18.8 Å². The van der Waals surface area contributed by atoms with Crippen molar-refractivity contribution in [1.29, 1.82) is 0 Å². The average Bonchev–Trinajstić information content (AvgIpc) is 3.09. The quantitative estimate of drug-likeness (QED) is 0.0986. The van der Waals surface area contributed by atoms with Gasteiger partial charge in [-0.3, -0.25) is 19.2 Å². The summed E-state index contributed by atoms with van der Waals surface area (Å²) in [6.45, 7) is 14.6. The van der Waals surface area contributed by atoms with Crippen LogP contribution in [0.15, 0.2) is 60.7 Å². The maximum atomic E-state index is 12.5. The van der Waals surface area contributed by atoms with E-state index in [2.05, 4.69) is 13.8 Å². The van der Waals surface area contributed by atoms with Crippen LogP contribution in [0.3, 0.4) is 0 Å². The van der Waals surface area contributed by atoms with Crippen molar-refractivity contribution >= 4 is 23.5 Å². The number of ketones is 2. The molecule has 0 aliphatic heterocycles. The highest BCUT2D eigenvalue weighted by Crippen LogP contribution is 2.22. The zero-order valence-corrected chi connectivity index (χ0v) is 30.7. The molecule has 0 radical (unpaired) electrons. The summed E-state index contributed by atoms with van der Waals surface area (Å²) < 4.78 is 10.9. The second kappa shape index (κ2) is 24.8. The molecule has 2 rings (SSSR count). The van der Waals surface area contributed by atoms with E-state index in [4.69, 9.17) is 15.2 Å². The van der Waals surface area contributed by atoms with E-state index < -0.39 is 12.0 Å². The highest BCUT2D eigenvalue weighted by Gasteiger charge is 2.28. The van der Waals surface area contributed by atoms with Crippen molar-refractivity contribution in [3.63, 3.8) is 0 Å². The molecule has 0 heterocycles. The number of carbonyl (C=O) groups excluding carboxylic acids is 4. The molecule has 0 bridgehead atoms. The first-order valence-corrected chi connectivity index (χ1v) is 18.1. The third-order valence-electron chi connectivity index (χ3n) is 8.92. The van der Waals surface area contributed by atoms with Gasteiger partial charge in [0.15, 0.2) is 5.78 Å². The lowest BCUT2D eigenvalue weighted by atomic mass is 9.86. The summed E-state index contributed by atoms with van der Waals surface area (Å²) in [5, 5.41) is 0. The second-order valence-electron chi connectivity index (χ2n) is 13.7. The normalized spacial score (nSPS) is 13.5. The van der Waals surface area contributed by atoms with Gasteiger partial charge >= 0.3 is 11.9 Å². The summed E-state index contributed by atoms with van der Waals surface area (Å²) in [7, 11) is 0. The molecular weight excluding hydrogens is 602 g/mol. The van der Waals surface area contributed by atoms with Crippen molar-refractivity contribution in [3.8, 4) is 0 Å². The fraction of sp³-hybridized carbons (Fsp3) is 0.610. The molecule has 2 N–H and O–H groups in total. The SMILES string of the molecule is CCCCC[C@H](CC(=O)[C@@H](C)C(C)C)C(=O)OCc1ccccc1.CCCCC[C@H](CC(=O)[C@@H](N)C(C)C)C(=O)OCc1ccccc1. The van der Waals surface area contributed by atoms with Crippen LogP contribution in [0.2, 0.25) is 0 Å². The molecule has 0 saturated carbocycles. The van der Waals surface area contributed by atoms with Gasteiger partial charge in [-0.25, -0.2) is 0 Å². The molecule has 2 aromatic rings. The van der Waals surface area contributed by atoms with Crippen LogP contribution in [0, 0.1) is 29.6 Å². The number of hydrogen-bond donors (Lipinski definition) is 1. The van der Waals surface area contributed by atoms with Gasteiger partial charge in [-0.1, -0.05) is 148 Å². The molecule has 7 heteroatoms. The molecule has 0 aliphatic carbocycles. The van der Waals surface area contributed by atoms with E-state index in [-0.39, 0.29) is 60.9 Å². The number of hydrogen-bond acceptors (Lipinski definition) is 7. The van der Waals surface area contributed by atoms with Gasteiger partial charge in [-0.2, -0.15) is 0 Å². The van der Waals surface area contributed by atoms with Gasteiger partial charge in [0.1, 0.15) is 19.0 Å². The summed E-state index contributed by atoms with van der Waals surface area (Å²) in [6, 6.07) is 18.7. The Balaban J connectivity index is 0.000000480. The van der Waals surface area contributed by atoms with Crippen LogP contribution in [-0.4, -0.2) is 29.5 Å². The van der Waals surface area contributed by atoms with E-state index in [9.17, 15) is 19.2 Å². The van der Waals surface area contributed by atoms with Crippen molar-refractivity contribution in [3.05, 3.63) is 71.8 Å². The number of Topliss-reactive ketones (excluding diaryl/α,β-unsaturated/α-hetero) is 2. The van der Waals surface area contributed by atoms with Crippen molar-refractivity contribution in [2.45, 2.75) is 132 Å². The predicted molar refractivity (Wildman–Crippen MR) is 194 cm³/mol. The Hall–Kier alpha value is -3.32. The van der Waals surface area contributed by atoms with Crippen LogP contribution < -0.4 is 5.73 Å². The van der Waals surface area contributed by atoms with Crippen LogP contribution in [0.5, 0.6) is 0 Å². The van der Waals surface area contributed by atoms with Gasteiger partial charge in [-0.15, -0.1) is 0 Å². The molecule has 48 heavy (non-hydrogen) atoms. The maximum Gasteiger partial charge on any atom is 0.309 e. The molecule has 0 unspecified atom stereocenters. The molecular formula is C41H63NO6. The maximum absolute atomic E-state index is 12.5. The number of benzene rings is 2. The molecule has 0 aromatic heterocycles. The van der Waals surface area contributed by atoms with Crippen LogP contribution in [0.4, 0.5) is 0 Å². The Morgan fingerprint density at radius 1 is 0.583 bits per heavy atom. The Bertz CT molecular complexity index is 1090. The van der Waals surface area contributed by atoms with Crippen molar-refractivity contribution < 1.29 is 28.7 Å². The minimum atomic E-state index is -0.513. The highest BCUT2D eigenvalue weighted by molar-refractivity contribution is 5.88. The van der Waals surface area contributed by atoms with Gasteiger partial charge in [-0.05, 0) is 35.8 Å². The van der Waals surface area contributed by atoms with Crippen molar-refractivity contribution in [2.24, 2.45) is 35.3 Å². The number of unbranched alkanes of at least 4 members (excludes halogenated alkanes) is 4. The summed E-state index contributed by atoms with van der Waals surface area (Å²) in [5.74, 6) is -0.750. The van der Waals surface area contributed by atoms with Crippen LogP contribution in [-0.2, 0) is 41.9 Å². The van der Waals surface area contributed by atoms with Crippen LogP contribution >= 0.6 is 0 Å². The first-order valence-electron chi connectivity index (χ1n) is 18.1. The fourth-order valence-electron chi connectivity index (χ4n) is 5.13. The van der Waals surface area contributed by atoms with Gasteiger partial charge in [0.05, 0.1) is 17.9 Å². The molecule has 268 valence electrons. The first-order chi connectivity index (χ1) is 22.9. The molecule has 7 nitrogen and oxygen atoms in total. The smallest absolute Gasteiger partial charge is 0.309 e. The van der Waals surface area contributed by atoms with E-state index in [0.717, 1.165) is 56.1 Å². The Morgan fingerprint density at radius 3 is 1.33 bits per heavy atom. The van der Waals surface area contributed by atoms with Gasteiger partial charge < -0.3 is 15.2 Å². The van der Waals surface area contributed by atoms with E-state index in [1.807, 2.05) is 95.3 Å². The largest absolute Gasteiger partial charge is 0.461 e. The molecule has 4 atom stereocenters. The Kier molecular flexibility index (Phi) is 22.0. The lowest BCUT2D eigenvalue weighted by molar-refractivity contribution is -0.152. The van der Waals surface area contributed by atoms with Crippen LogP contribution in [0.25, 0.3) is 0 Å². The summed E-state index contributed by atoms with van der Waals surface area (Å²) in [5.41, 5.74) is 7.85. The average molecular weight is 666 g/mol. The van der Waals surface area contributed by atoms with E-state index >= 15 is 0 Å². The summed E-state index contributed by atoms with van der Waals surface area (Å²) in [4.78, 5) is 49.6. The first kappa shape index (κ1) is 42.7. The van der Waals surface area contributed by atoms with Gasteiger partial charge in [0, 0.05) is 18.8 Å². The predicted octanol–water partition coefficient (Wildman–Crippen LogP) is 9.05. The third-order valence-corrected chi connectivity index (χ3v) is 8.92. The Morgan fingerprint density at radius 2 is 0.979 bits per heavy atom. The standard InChI is InChI=1S/C21H32O3.C20H31NO3/c1-5-6-8-13-19(14-20(22)17(4)16(2)3)21(23)24-15-18-11-9-7-10-12-18;1-4-5-7-12-17(13-18(22)19(21)15(2)3)20(23)24-14-16-10-8-6-9-11-16/h7,9-12,16-17,19H,5-6,8,13-15H2,1-4H3;6,8-11,15,17,19H,4-5,7,12-14,21H2,1-3H3/t2*17-,19+/m01/s1. The number of rotatable bonds is 22. The minimum absolute atomic E-state index is 0.0133. The zero-order chi connectivity index (χ0) is 35.9. The molecule has 0 amide bonds. The summed E-state index contributed by atoms with van der Waals surface area (Å²) in [6.07, 6.45) is 8.08. The Labute approximate surface area is 290 Å². The second-order valence-corrected chi connectivity index (χ2v) is 13.7. The molecule has 0 saturated heterocycles. The molecule has 2 aromatic carbocycles. The number of carbonyl (C=O) groups is 4. The fourth-order valence-corrected chi connectivity index (χ4v) is 5.13. The number of esters is 2. The topological polar surface area (TPSA) is 113 Å². The molecule has 0 aliphatic rings. The monoisotopic (exact) mass is 665 g/mol. The number of ether oxygens (including phenoxy) is 2. The van der Waals surface area contributed by atoms with E-state index in [1.54, 1.807) is 0 Å². The van der Waals surface area contributed by atoms with Gasteiger partial charge in [0.2, 0.25) is 0 Å². The van der Waals surface area contributed by atoms with Gasteiger partial charge in [0.25, 0.3) is 0 Å².